The van der Waals surface area contributed by atoms with Gasteiger partial charge in [0.1, 0.15) is 5.84 Å². The second-order valence-corrected chi connectivity index (χ2v) is 6.71. The summed E-state index contributed by atoms with van der Waals surface area (Å²) in [5.41, 5.74) is 16.7. The normalized spacial score (nSPS) is 11.0. The lowest BCUT2D eigenvalue weighted by Crippen LogP contribution is -2.21. The van der Waals surface area contributed by atoms with Gasteiger partial charge >= 0.3 is 10.2 Å². The number of amidine groups is 1. The summed E-state index contributed by atoms with van der Waals surface area (Å²) < 4.78 is 24.5. The Kier molecular flexibility index (Phi) is 12.9. The maximum Gasteiger partial charge on any atom is 0.318 e. The van der Waals surface area contributed by atoms with Crippen molar-refractivity contribution in [1.29, 1.82) is 0 Å². The zero-order chi connectivity index (χ0) is 17.2. The maximum absolute atomic E-state index is 10.6. The molecule has 0 saturated carbocycles. The number of aliphatic hydroxyl groups excluding tert-OH is 1. The van der Waals surface area contributed by atoms with Crippen molar-refractivity contribution in [3.8, 4) is 0 Å². The molecule has 10 nitrogen and oxygen atoms in total. The van der Waals surface area contributed by atoms with Gasteiger partial charge in [-0.05, 0) is 0 Å². The number of thioether (sulfide) groups is 1. The van der Waals surface area contributed by atoms with Crippen molar-refractivity contribution >= 4 is 62.6 Å². The highest BCUT2D eigenvalue weighted by Crippen LogP contribution is 2.21. The largest absolute Gasteiger partial charge is 0.400 e. The van der Waals surface area contributed by atoms with Crippen LogP contribution in [-0.2, 0) is 16.0 Å². The third-order valence-corrected chi connectivity index (χ3v) is 4.03. The molecule has 1 aromatic rings. The minimum Gasteiger partial charge on any atom is -0.400 e. The number of rotatable bonds is 7. The average molecular weight is 406 g/mol. The molecule has 1 rings (SSSR count). The minimum absolute atomic E-state index is 0. The molecule has 0 aliphatic rings. The number of aliphatic imine (C=N–C) groups is 1. The van der Waals surface area contributed by atoms with Crippen molar-refractivity contribution in [3.63, 3.8) is 0 Å². The first kappa shape index (κ1) is 24.1. The fourth-order valence-electron chi connectivity index (χ4n) is 1.09. The van der Waals surface area contributed by atoms with E-state index < -0.39 is 10.2 Å². The van der Waals surface area contributed by atoms with Gasteiger partial charge in [0.15, 0.2) is 5.96 Å². The molecule has 9 N–H and O–H groups in total. The summed E-state index contributed by atoms with van der Waals surface area (Å²) in [5, 5.41) is 14.1. The molecule has 1 heterocycles. The van der Waals surface area contributed by atoms with Crippen LogP contribution in [0.1, 0.15) is 12.1 Å². The van der Waals surface area contributed by atoms with Crippen LogP contribution in [0.3, 0.4) is 0 Å². The summed E-state index contributed by atoms with van der Waals surface area (Å²) >= 11 is 2.86. The van der Waals surface area contributed by atoms with Gasteiger partial charge in [-0.25, -0.2) is 10.1 Å². The molecule has 0 aliphatic carbocycles. The molecule has 0 aromatic carbocycles. The third kappa shape index (κ3) is 13.1. The van der Waals surface area contributed by atoms with Crippen molar-refractivity contribution in [2.45, 2.75) is 12.2 Å². The molecule has 0 spiro atoms. The smallest absolute Gasteiger partial charge is 0.318 e. The first-order valence-electron chi connectivity index (χ1n) is 5.70. The van der Waals surface area contributed by atoms with Crippen molar-refractivity contribution < 1.29 is 13.5 Å². The standard InChI is InChI=1S/C8H15N7O2S3.CH4O.ClH/c9-6(15-20(12,16)17)1-2-18-3-5-4-19-8(13-5)14-7(10)11;1-2;/h4H,1-3H2,(H2,9,15)(H2,12,16,17)(H4,10,11,13,14);2H,1H3;1H. The topological polar surface area (TPSA) is 196 Å². The van der Waals surface area contributed by atoms with E-state index in [0.29, 0.717) is 23.1 Å². The monoisotopic (exact) mass is 405 g/mol. The van der Waals surface area contributed by atoms with Crippen LogP contribution in [0, 0.1) is 0 Å². The molecule has 1 aromatic heterocycles. The molecular formula is C9H20ClN7O3S3. The van der Waals surface area contributed by atoms with Gasteiger partial charge in [-0.15, -0.1) is 28.1 Å². The number of aliphatic hydroxyl groups is 1. The predicted octanol–water partition coefficient (Wildman–Crippen LogP) is -0.738. The first-order valence-corrected chi connectivity index (χ1v) is 9.23. The van der Waals surface area contributed by atoms with E-state index in [-0.39, 0.29) is 24.2 Å². The van der Waals surface area contributed by atoms with Gasteiger partial charge in [0.25, 0.3) is 0 Å². The Morgan fingerprint density at radius 2 is 2.00 bits per heavy atom. The molecule has 134 valence electrons. The fourth-order valence-corrected chi connectivity index (χ4v) is 3.17. The molecule has 0 radical (unpaired) electrons. The lowest BCUT2D eigenvalue weighted by atomic mass is 10.5. The number of thiazole rings is 1. The van der Waals surface area contributed by atoms with Gasteiger partial charge in [0.2, 0.25) is 5.13 Å². The Labute approximate surface area is 149 Å². The van der Waals surface area contributed by atoms with Crippen LogP contribution < -0.4 is 22.3 Å². The molecule has 0 amide bonds. The van der Waals surface area contributed by atoms with Crippen LogP contribution >= 0.6 is 35.5 Å². The Bertz CT molecular complexity index is 614. The summed E-state index contributed by atoms with van der Waals surface area (Å²) in [6.07, 6.45) is 0.325. The number of halogens is 1. The van der Waals surface area contributed by atoms with Crippen LogP contribution in [0.5, 0.6) is 0 Å². The predicted molar refractivity (Wildman–Crippen MR) is 98.5 cm³/mol. The summed E-state index contributed by atoms with van der Waals surface area (Å²) in [5.74, 6) is 1.18. The lowest BCUT2D eigenvalue weighted by molar-refractivity contribution is 0.399. The molecule has 0 bridgehead atoms. The van der Waals surface area contributed by atoms with Crippen molar-refractivity contribution in [2.75, 3.05) is 12.9 Å². The second kappa shape index (κ2) is 12.3. The molecule has 0 aliphatic heterocycles. The van der Waals surface area contributed by atoms with Crippen LogP contribution in [0.4, 0.5) is 5.13 Å². The molecule has 23 heavy (non-hydrogen) atoms. The van der Waals surface area contributed by atoms with Gasteiger partial charge < -0.3 is 22.3 Å². The zero-order valence-corrected chi connectivity index (χ0v) is 15.5. The molecule has 0 saturated heterocycles. The van der Waals surface area contributed by atoms with Crippen LogP contribution in [-0.4, -0.2) is 43.2 Å². The summed E-state index contributed by atoms with van der Waals surface area (Å²) in [6, 6.07) is 0. The van der Waals surface area contributed by atoms with Gasteiger partial charge in [-0.2, -0.15) is 25.2 Å². The number of nitrogens with two attached hydrogens (primary N) is 4. The van der Waals surface area contributed by atoms with E-state index in [1.807, 2.05) is 5.38 Å². The number of guanidine groups is 1. The average Bonchev–Trinajstić information content (AvgIpc) is 2.82. The van der Waals surface area contributed by atoms with Crippen LogP contribution in [0.2, 0.25) is 0 Å². The maximum atomic E-state index is 10.6. The van der Waals surface area contributed by atoms with Crippen molar-refractivity contribution in [3.05, 3.63) is 11.1 Å². The van der Waals surface area contributed by atoms with E-state index in [9.17, 15) is 8.42 Å². The minimum atomic E-state index is -3.92. The highest BCUT2D eigenvalue weighted by Gasteiger charge is 2.04. The Morgan fingerprint density at radius 1 is 1.39 bits per heavy atom. The van der Waals surface area contributed by atoms with E-state index in [0.717, 1.165) is 12.8 Å². The fraction of sp³-hybridized carbons (Fsp3) is 0.444. The number of hydrogen-bond donors (Lipinski definition) is 5. The Balaban J connectivity index is 0. The second-order valence-electron chi connectivity index (χ2n) is 3.56. The zero-order valence-electron chi connectivity index (χ0n) is 12.2. The third-order valence-electron chi connectivity index (χ3n) is 1.76. The van der Waals surface area contributed by atoms with Gasteiger partial charge in [0, 0.05) is 30.4 Å². The number of hydrogen-bond acceptors (Lipinski definition) is 7. The molecule has 14 heteroatoms. The van der Waals surface area contributed by atoms with E-state index in [2.05, 4.69) is 14.4 Å². The van der Waals surface area contributed by atoms with E-state index in [1.165, 1.54) is 23.1 Å². The Morgan fingerprint density at radius 3 is 2.52 bits per heavy atom. The summed E-state index contributed by atoms with van der Waals surface area (Å²) in [7, 11) is -2.92. The highest BCUT2D eigenvalue weighted by atomic mass is 35.5. The van der Waals surface area contributed by atoms with E-state index in [4.69, 9.17) is 27.4 Å². The van der Waals surface area contributed by atoms with Crippen LogP contribution in [0.15, 0.2) is 14.8 Å². The van der Waals surface area contributed by atoms with Crippen molar-refractivity contribution in [1.82, 2.24) is 4.98 Å². The van der Waals surface area contributed by atoms with Crippen molar-refractivity contribution in [2.24, 2.45) is 31.7 Å². The van der Waals surface area contributed by atoms with Gasteiger partial charge in [-0.3, -0.25) is 0 Å². The van der Waals surface area contributed by atoms with Crippen LogP contribution in [0.25, 0.3) is 0 Å². The highest BCUT2D eigenvalue weighted by molar-refractivity contribution is 7.98. The molecule has 0 fully saturated rings. The van der Waals surface area contributed by atoms with E-state index >= 15 is 0 Å². The van der Waals surface area contributed by atoms with E-state index in [1.54, 1.807) is 0 Å². The molecule has 0 unspecified atom stereocenters. The first-order chi connectivity index (χ1) is 10.3. The molecular weight excluding hydrogens is 386 g/mol. The Hall–Kier alpha value is -1.12. The summed E-state index contributed by atoms with van der Waals surface area (Å²) in [6.45, 7) is 0. The quantitative estimate of drug-likeness (QED) is 0.222. The van der Waals surface area contributed by atoms with Gasteiger partial charge in [-0.1, -0.05) is 0 Å². The SMILES string of the molecule is CO.Cl.NC(N)=Nc1nc(CSCCC(N)=NS(N)(=O)=O)cs1. The lowest BCUT2D eigenvalue weighted by Gasteiger charge is -1.99. The summed E-state index contributed by atoms with van der Waals surface area (Å²) in [4.78, 5) is 8.03. The number of nitrogens with zero attached hydrogens (tertiary/aromatic N) is 3. The van der Waals surface area contributed by atoms with Gasteiger partial charge in [0.05, 0.1) is 5.69 Å². The molecule has 0 atom stereocenters. The number of aromatic nitrogens is 1.